The Kier molecular flexibility index (Phi) is 3.37. The van der Waals surface area contributed by atoms with Gasteiger partial charge >= 0.3 is 0 Å². The van der Waals surface area contributed by atoms with Crippen LogP contribution in [0.5, 0.6) is 0 Å². The van der Waals surface area contributed by atoms with Crippen LogP contribution in [0.1, 0.15) is 30.0 Å². The van der Waals surface area contributed by atoms with Crippen molar-refractivity contribution in [1.29, 1.82) is 0 Å². The lowest BCUT2D eigenvalue weighted by Gasteiger charge is -2.04. The lowest BCUT2D eigenvalue weighted by atomic mass is 10.1. The summed E-state index contributed by atoms with van der Waals surface area (Å²) in [6.07, 6.45) is 2.61. The minimum Gasteiger partial charge on any atom is -0.387 e. The highest BCUT2D eigenvalue weighted by Gasteiger charge is 2.13. The van der Waals surface area contributed by atoms with Crippen molar-refractivity contribution >= 4 is 11.5 Å². The maximum Gasteiger partial charge on any atom is 0.0951 e. The zero-order valence-corrected chi connectivity index (χ0v) is 7.84. The van der Waals surface area contributed by atoms with Gasteiger partial charge in [-0.3, -0.25) is 0 Å². The number of nitrogens with zero attached hydrogens (tertiary/aromatic N) is 2. The summed E-state index contributed by atoms with van der Waals surface area (Å²) in [6.45, 7) is 5.57. The second-order valence-electron chi connectivity index (χ2n) is 2.48. The first-order valence-electron chi connectivity index (χ1n) is 3.89. The van der Waals surface area contributed by atoms with Crippen LogP contribution in [0.25, 0.3) is 0 Å². The fourth-order valence-electron chi connectivity index (χ4n) is 0.979. The van der Waals surface area contributed by atoms with Crippen molar-refractivity contribution in [1.82, 2.24) is 9.59 Å². The van der Waals surface area contributed by atoms with E-state index >= 15 is 0 Å². The molecule has 1 aromatic rings. The zero-order chi connectivity index (χ0) is 8.97. The summed E-state index contributed by atoms with van der Waals surface area (Å²) < 4.78 is 3.79. The molecule has 1 unspecified atom stereocenters. The average molecular weight is 184 g/mol. The molecule has 1 aromatic heterocycles. The number of rotatable bonds is 4. The Bertz CT molecular complexity index is 259. The molecule has 3 nitrogen and oxygen atoms in total. The van der Waals surface area contributed by atoms with Crippen molar-refractivity contribution in [2.24, 2.45) is 0 Å². The summed E-state index contributed by atoms with van der Waals surface area (Å²) in [6, 6.07) is 0. The van der Waals surface area contributed by atoms with E-state index in [9.17, 15) is 5.11 Å². The lowest BCUT2D eigenvalue weighted by Crippen LogP contribution is -1.96. The first kappa shape index (κ1) is 9.35. The molecule has 0 fully saturated rings. The predicted molar refractivity (Wildman–Crippen MR) is 49.1 cm³/mol. The molecule has 1 heterocycles. The van der Waals surface area contributed by atoms with E-state index in [4.69, 9.17) is 0 Å². The van der Waals surface area contributed by atoms with E-state index < -0.39 is 6.10 Å². The highest BCUT2D eigenvalue weighted by molar-refractivity contribution is 7.05. The third kappa shape index (κ3) is 1.89. The molecule has 0 aliphatic rings. The van der Waals surface area contributed by atoms with Gasteiger partial charge in [-0.2, -0.15) is 0 Å². The Morgan fingerprint density at radius 3 is 3.08 bits per heavy atom. The minimum absolute atomic E-state index is 0.475. The van der Waals surface area contributed by atoms with Crippen LogP contribution < -0.4 is 0 Å². The van der Waals surface area contributed by atoms with E-state index in [1.165, 1.54) is 11.5 Å². The number of hydrogen-bond acceptors (Lipinski definition) is 4. The van der Waals surface area contributed by atoms with E-state index in [0.29, 0.717) is 6.42 Å². The van der Waals surface area contributed by atoms with Gasteiger partial charge in [0.25, 0.3) is 0 Å². The molecule has 1 atom stereocenters. The van der Waals surface area contributed by atoms with Gasteiger partial charge in [0.05, 0.1) is 16.7 Å². The number of aliphatic hydroxyl groups is 1. The Morgan fingerprint density at radius 1 is 1.75 bits per heavy atom. The molecule has 1 rings (SSSR count). The molecule has 0 aromatic carbocycles. The minimum atomic E-state index is -0.475. The van der Waals surface area contributed by atoms with Crippen LogP contribution >= 0.6 is 11.5 Å². The summed E-state index contributed by atoms with van der Waals surface area (Å²) in [5.41, 5.74) is 0.898. The SMILES string of the molecule is C=CCC(O)c1snnc1CC. The normalized spacial score (nSPS) is 12.8. The van der Waals surface area contributed by atoms with Gasteiger partial charge in [-0.1, -0.05) is 17.5 Å². The second kappa shape index (κ2) is 4.33. The van der Waals surface area contributed by atoms with Gasteiger partial charge in [0.15, 0.2) is 0 Å². The molecule has 0 radical (unpaired) electrons. The van der Waals surface area contributed by atoms with Crippen molar-refractivity contribution in [2.45, 2.75) is 25.9 Å². The van der Waals surface area contributed by atoms with E-state index in [2.05, 4.69) is 16.2 Å². The van der Waals surface area contributed by atoms with E-state index in [1.807, 2.05) is 6.92 Å². The van der Waals surface area contributed by atoms with Crippen molar-refractivity contribution in [3.8, 4) is 0 Å². The van der Waals surface area contributed by atoms with Gasteiger partial charge in [0.1, 0.15) is 0 Å². The molecule has 0 amide bonds. The van der Waals surface area contributed by atoms with Crippen LogP contribution in [-0.4, -0.2) is 14.7 Å². The van der Waals surface area contributed by atoms with Crippen LogP contribution in [0, 0.1) is 0 Å². The Labute approximate surface area is 75.9 Å². The third-order valence-electron chi connectivity index (χ3n) is 1.61. The number of aromatic nitrogens is 2. The lowest BCUT2D eigenvalue weighted by molar-refractivity contribution is 0.184. The van der Waals surface area contributed by atoms with Gasteiger partial charge in [0, 0.05) is 0 Å². The van der Waals surface area contributed by atoms with Crippen molar-refractivity contribution in [3.63, 3.8) is 0 Å². The molecule has 0 saturated heterocycles. The molecule has 0 spiro atoms. The molecule has 12 heavy (non-hydrogen) atoms. The molecule has 4 heteroatoms. The Morgan fingerprint density at radius 2 is 2.50 bits per heavy atom. The summed E-state index contributed by atoms with van der Waals surface area (Å²) in [7, 11) is 0. The topological polar surface area (TPSA) is 46.0 Å². The second-order valence-corrected chi connectivity index (χ2v) is 3.26. The molecule has 0 aliphatic heterocycles. The number of aliphatic hydroxyl groups excluding tert-OH is 1. The van der Waals surface area contributed by atoms with Gasteiger partial charge in [-0.15, -0.1) is 11.7 Å². The van der Waals surface area contributed by atoms with Crippen molar-refractivity contribution < 1.29 is 5.11 Å². The molecule has 66 valence electrons. The maximum atomic E-state index is 9.58. The highest BCUT2D eigenvalue weighted by atomic mass is 32.1. The van der Waals surface area contributed by atoms with Crippen LogP contribution in [0.3, 0.4) is 0 Å². The number of hydrogen-bond donors (Lipinski definition) is 1. The molecule has 0 bridgehead atoms. The first-order chi connectivity index (χ1) is 5.79. The van der Waals surface area contributed by atoms with Gasteiger partial charge < -0.3 is 5.11 Å². The summed E-state index contributed by atoms with van der Waals surface area (Å²) in [5, 5.41) is 13.5. The van der Waals surface area contributed by atoms with E-state index in [-0.39, 0.29) is 0 Å². The predicted octanol–water partition coefficient (Wildman–Crippen LogP) is 1.71. The highest BCUT2D eigenvalue weighted by Crippen LogP contribution is 2.23. The Hall–Kier alpha value is -0.740. The molecular weight excluding hydrogens is 172 g/mol. The number of aryl methyl sites for hydroxylation is 1. The van der Waals surface area contributed by atoms with Crippen LogP contribution in [0.15, 0.2) is 12.7 Å². The molecule has 0 aliphatic carbocycles. The fourth-order valence-corrected chi connectivity index (χ4v) is 1.71. The smallest absolute Gasteiger partial charge is 0.0951 e. The summed E-state index contributed by atoms with van der Waals surface area (Å²) in [5.74, 6) is 0. The monoisotopic (exact) mass is 184 g/mol. The standard InChI is InChI=1S/C8H12N2OS/c1-3-5-7(11)8-6(4-2)9-10-12-8/h3,7,11H,1,4-5H2,2H3. The van der Waals surface area contributed by atoms with Gasteiger partial charge in [-0.05, 0) is 24.4 Å². The summed E-state index contributed by atoms with van der Waals surface area (Å²) in [4.78, 5) is 0.873. The fraction of sp³-hybridized carbons (Fsp3) is 0.500. The van der Waals surface area contributed by atoms with Crippen LogP contribution in [0.2, 0.25) is 0 Å². The molecule has 1 N–H and O–H groups in total. The molecular formula is C8H12N2OS. The third-order valence-corrected chi connectivity index (χ3v) is 2.48. The Balaban J connectivity index is 2.78. The van der Waals surface area contributed by atoms with Crippen molar-refractivity contribution in [2.75, 3.05) is 0 Å². The quantitative estimate of drug-likeness (QED) is 0.724. The maximum absolute atomic E-state index is 9.58. The first-order valence-corrected chi connectivity index (χ1v) is 4.67. The van der Waals surface area contributed by atoms with E-state index in [1.54, 1.807) is 6.08 Å². The zero-order valence-electron chi connectivity index (χ0n) is 7.03. The van der Waals surface area contributed by atoms with Crippen molar-refractivity contribution in [3.05, 3.63) is 23.2 Å². The van der Waals surface area contributed by atoms with E-state index in [0.717, 1.165) is 17.0 Å². The largest absolute Gasteiger partial charge is 0.387 e. The van der Waals surface area contributed by atoms with Gasteiger partial charge in [-0.25, -0.2) is 0 Å². The summed E-state index contributed by atoms with van der Waals surface area (Å²) >= 11 is 1.26. The van der Waals surface area contributed by atoms with Crippen LogP contribution in [0.4, 0.5) is 0 Å². The molecule has 0 saturated carbocycles. The average Bonchev–Trinajstić information content (AvgIpc) is 2.51. The van der Waals surface area contributed by atoms with Gasteiger partial charge in [0.2, 0.25) is 0 Å². The van der Waals surface area contributed by atoms with Crippen LogP contribution in [-0.2, 0) is 6.42 Å².